The Labute approximate surface area is 127 Å². The molecule has 0 fully saturated rings. The quantitative estimate of drug-likeness (QED) is 0.710. The Morgan fingerprint density at radius 1 is 0.952 bits per heavy atom. The predicted octanol–water partition coefficient (Wildman–Crippen LogP) is 4.16. The minimum atomic E-state index is 0.105. The number of aromatic nitrogens is 2. The third kappa shape index (κ3) is 3.11. The van der Waals surface area contributed by atoms with E-state index in [9.17, 15) is 4.79 Å². The summed E-state index contributed by atoms with van der Waals surface area (Å²) in [5, 5.41) is 0.105. The van der Waals surface area contributed by atoms with E-state index in [0.29, 0.717) is 0 Å². The van der Waals surface area contributed by atoms with Crippen LogP contribution < -0.4 is 0 Å². The number of benzene rings is 1. The Kier molecular flexibility index (Phi) is 3.97. The van der Waals surface area contributed by atoms with Crippen molar-refractivity contribution in [3.05, 3.63) is 77.9 Å². The Morgan fingerprint density at radius 3 is 1.95 bits per heavy atom. The van der Waals surface area contributed by atoms with Crippen LogP contribution in [0.5, 0.6) is 0 Å². The third-order valence-corrected chi connectivity index (χ3v) is 4.14. The average molecular weight is 296 g/mol. The van der Waals surface area contributed by atoms with Crippen molar-refractivity contribution in [1.82, 2.24) is 9.97 Å². The summed E-state index contributed by atoms with van der Waals surface area (Å²) < 4.78 is 0. The van der Waals surface area contributed by atoms with Gasteiger partial charge in [-0.2, -0.15) is 0 Å². The van der Waals surface area contributed by atoms with Crippen molar-refractivity contribution in [2.75, 3.05) is 0 Å². The van der Waals surface area contributed by atoms with Crippen LogP contribution >= 0.6 is 11.8 Å². The van der Waals surface area contributed by atoms with Gasteiger partial charge in [0.15, 0.2) is 5.12 Å². The summed E-state index contributed by atoms with van der Waals surface area (Å²) in [7, 11) is 0. The molecule has 0 bridgehead atoms. The van der Waals surface area contributed by atoms with Crippen LogP contribution in [0.2, 0.25) is 0 Å². The Hall–Kier alpha value is -2.20. The highest BCUT2D eigenvalue weighted by Crippen LogP contribution is 2.31. The van der Waals surface area contributed by atoms with Gasteiger partial charge in [-0.3, -0.25) is 4.79 Å². The second-order valence-corrected chi connectivity index (χ2v) is 6.10. The van der Waals surface area contributed by atoms with Gasteiger partial charge < -0.3 is 9.97 Å². The van der Waals surface area contributed by atoms with Gasteiger partial charge in [0.25, 0.3) is 0 Å². The fraction of sp³-hybridized carbons (Fsp3) is 0.118. The first-order valence-electron chi connectivity index (χ1n) is 6.79. The molecule has 0 aliphatic rings. The van der Waals surface area contributed by atoms with Gasteiger partial charge in [0, 0.05) is 35.6 Å². The molecule has 21 heavy (non-hydrogen) atoms. The Balaban J connectivity index is 1.96. The highest BCUT2D eigenvalue weighted by molar-refractivity contribution is 8.13. The minimum absolute atomic E-state index is 0.105. The lowest BCUT2D eigenvalue weighted by Crippen LogP contribution is -2.04. The van der Waals surface area contributed by atoms with Crippen molar-refractivity contribution in [1.29, 1.82) is 0 Å². The fourth-order valence-corrected chi connectivity index (χ4v) is 3.07. The van der Waals surface area contributed by atoms with Crippen molar-refractivity contribution in [3.63, 3.8) is 0 Å². The highest BCUT2D eigenvalue weighted by atomic mass is 32.2. The zero-order valence-electron chi connectivity index (χ0n) is 11.7. The fourth-order valence-electron chi connectivity index (χ4n) is 2.47. The maximum atomic E-state index is 11.2. The molecule has 1 aromatic carbocycles. The lowest BCUT2D eigenvalue weighted by molar-refractivity contribution is -0.109. The summed E-state index contributed by atoms with van der Waals surface area (Å²) in [5.41, 5.74) is 3.47. The molecule has 0 atom stereocenters. The number of nitrogens with one attached hydrogen (secondary N) is 2. The number of carbonyl (C=O) groups excluding carboxylic acids is 1. The maximum Gasteiger partial charge on any atom is 0.190 e. The third-order valence-electron chi connectivity index (χ3n) is 3.34. The van der Waals surface area contributed by atoms with Crippen molar-refractivity contribution >= 4 is 16.9 Å². The molecular formula is C17H16N2OS. The summed E-state index contributed by atoms with van der Waals surface area (Å²) in [4.78, 5) is 18.7. The number of rotatable bonds is 4. The van der Waals surface area contributed by atoms with Gasteiger partial charge in [0.1, 0.15) is 0 Å². The van der Waals surface area contributed by atoms with E-state index < -0.39 is 0 Å². The van der Waals surface area contributed by atoms with Crippen molar-refractivity contribution in [3.8, 4) is 0 Å². The standard InChI is InChI=1S/C17H16N2OS/c1-12(20)21-14-8-6-13(7-9-14)17(15-4-2-10-18-15)16-5-3-11-19-16/h2-11,17-19H,1H3. The van der Waals surface area contributed by atoms with Crippen molar-refractivity contribution < 1.29 is 4.79 Å². The molecule has 4 heteroatoms. The predicted molar refractivity (Wildman–Crippen MR) is 85.5 cm³/mol. The van der Waals surface area contributed by atoms with Crippen LogP contribution in [-0.2, 0) is 4.79 Å². The normalized spacial score (nSPS) is 11.0. The van der Waals surface area contributed by atoms with E-state index in [-0.39, 0.29) is 11.0 Å². The zero-order chi connectivity index (χ0) is 14.7. The molecule has 3 rings (SSSR count). The molecule has 0 aliphatic heterocycles. The summed E-state index contributed by atoms with van der Waals surface area (Å²) >= 11 is 1.26. The van der Waals surface area contributed by atoms with Crippen LogP contribution in [0.1, 0.15) is 29.8 Å². The summed E-state index contributed by atoms with van der Waals surface area (Å²) in [5.74, 6) is 0.145. The van der Waals surface area contributed by atoms with Gasteiger partial charge in [-0.1, -0.05) is 23.9 Å². The first kappa shape index (κ1) is 13.8. The summed E-state index contributed by atoms with van der Waals surface area (Å²) in [6.45, 7) is 1.58. The molecule has 106 valence electrons. The lowest BCUT2D eigenvalue weighted by Gasteiger charge is -2.15. The molecule has 2 heterocycles. The zero-order valence-corrected chi connectivity index (χ0v) is 12.5. The summed E-state index contributed by atoms with van der Waals surface area (Å²) in [6.07, 6.45) is 3.87. The maximum absolute atomic E-state index is 11.2. The van der Waals surface area contributed by atoms with Gasteiger partial charge in [-0.05, 0) is 42.0 Å². The molecule has 3 nitrogen and oxygen atoms in total. The number of aromatic amines is 2. The number of thioether (sulfide) groups is 1. The van der Waals surface area contributed by atoms with E-state index >= 15 is 0 Å². The molecule has 2 N–H and O–H groups in total. The first-order valence-corrected chi connectivity index (χ1v) is 7.60. The van der Waals surface area contributed by atoms with Gasteiger partial charge in [-0.15, -0.1) is 0 Å². The van der Waals surface area contributed by atoms with Crippen LogP contribution in [0.15, 0.2) is 65.8 Å². The largest absolute Gasteiger partial charge is 0.364 e. The molecule has 2 aromatic heterocycles. The Morgan fingerprint density at radius 2 is 1.52 bits per heavy atom. The van der Waals surface area contributed by atoms with Crippen LogP contribution in [0.3, 0.4) is 0 Å². The van der Waals surface area contributed by atoms with Gasteiger partial charge in [0.2, 0.25) is 0 Å². The van der Waals surface area contributed by atoms with Crippen molar-refractivity contribution in [2.24, 2.45) is 0 Å². The topological polar surface area (TPSA) is 48.6 Å². The average Bonchev–Trinajstić information content (AvgIpc) is 3.14. The Bertz CT molecular complexity index is 666. The highest BCUT2D eigenvalue weighted by Gasteiger charge is 2.18. The molecule has 0 amide bonds. The van der Waals surface area contributed by atoms with Crippen LogP contribution in [-0.4, -0.2) is 15.1 Å². The second kappa shape index (κ2) is 6.06. The summed E-state index contributed by atoms with van der Waals surface area (Å²) in [6, 6.07) is 16.3. The molecule has 0 saturated heterocycles. The molecular weight excluding hydrogens is 280 g/mol. The number of carbonyl (C=O) groups is 1. The SMILES string of the molecule is CC(=O)Sc1ccc(C(c2ccc[nH]2)c2ccc[nH]2)cc1. The van der Waals surface area contributed by atoms with E-state index in [1.54, 1.807) is 6.92 Å². The number of H-pyrrole nitrogens is 2. The minimum Gasteiger partial charge on any atom is -0.364 e. The van der Waals surface area contributed by atoms with Gasteiger partial charge >= 0.3 is 0 Å². The van der Waals surface area contributed by atoms with E-state index in [1.165, 1.54) is 17.3 Å². The number of hydrogen-bond acceptors (Lipinski definition) is 2. The first-order chi connectivity index (χ1) is 10.2. The van der Waals surface area contributed by atoms with E-state index in [0.717, 1.165) is 16.3 Å². The van der Waals surface area contributed by atoms with Crippen LogP contribution in [0, 0.1) is 0 Å². The number of hydrogen-bond donors (Lipinski definition) is 2. The van der Waals surface area contributed by atoms with Crippen molar-refractivity contribution in [2.45, 2.75) is 17.7 Å². The second-order valence-electron chi connectivity index (χ2n) is 4.85. The molecule has 0 unspecified atom stereocenters. The van der Waals surface area contributed by atoms with Crippen LogP contribution in [0.4, 0.5) is 0 Å². The van der Waals surface area contributed by atoms with E-state index in [2.05, 4.69) is 34.2 Å². The monoisotopic (exact) mass is 296 g/mol. The van der Waals surface area contributed by atoms with Gasteiger partial charge in [0.05, 0.1) is 5.92 Å². The molecule has 3 aromatic rings. The lowest BCUT2D eigenvalue weighted by atomic mass is 9.93. The van der Waals surface area contributed by atoms with E-state index in [4.69, 9.17) is 0 Å². The molecule has 0 spiro atoms. The van der Waals surface area contributed by atoms with E-state index in [1.807, 2.05) is 36.7 Å². The smallest absolute Gasteiger partial charge is 0.190 e. The molecule has 0 radical (unpaired) electrons. The molecule has 0 aliphatic carbocycles. The van der Waals surface area contributed by atoms with Gasteiger partial charge in [-0.25, -0.2) is 0 Å². The molecule has 0 saturated carbocycles. The van der Waals surface area contributed by atoms with Crippen LogP contribution in [0.25, 0.3) is 0 Å².